The van der Waals surface area contributed by atoms with Crippen LogP contribution in [-0.2, 0) is 20.2 Å². The van der Waals surface area contributed by atoms with Gasteiger partial charge < -0.3 is 19.3 Å². The summed E-state index contributed by atoms with van der Waals surface area (Å²) in [5.41, 5.74) is 1.06. The molecule has 0 saturated heterocycles. The first-order valence-electron chi connectivity index (χ1n) is 12.0. The maximum Gasteiger partial charge on any atom is 0.371 e. The van der Waals surface area contributed by atoms with Gasteiger partial charge in [-0.05, 0) is 42.8 Å². The van der Waals surface area contributed by atoms with Crippen molar-refractivity contribution in [1.82, 2.24) is 9.97 Å². The van der Waals surface area contributed by atoms with Crippen molar-refractivity contribution in [1.29, 1.82) is 0 Å². The van der Waals surface area contributed by atoms with Crippen molar-refractivity contribution in [2.24, 2.45) is 0 Å². The fourth-order valence-electron chi connectivity index (χ4n) is 2.95. The molecule has 0 aliphatic heterocycles. The predicted molar refractivity (Wildman–Crippen MR) is 151 cm³/mol. The van der Waals surface area contributed by atoms with E-state index < -0.39 is 35.2 Å². The highest BCUT2D eigenvalue weighted by Crippen LogP contribution is 2.36. The van der Waals surface area contributed by atoms with Crippen LogP contribution in [0.25, 0.3) is 0 Å². The minimum atomic E-state index is -4.23. The SMILES string of the molecule is C[C@H](CO[Si](C)(C)C(C)(C)C)Nc1cc(NS(=O)(=O)c2ccc(C(=O)O)o2)nc(SCc2ccccc2)n1. The third-order valence-corrected chi connectivity index (χ3v) is 12.8. The molecule has 3 aromatic rings. The molecule has 0 bridgehead atoms. The van der Waals surface area contributed by atoms with Crippen molar-refractivity contribution < 1.29 is 27.2 Å². The number of anilines is 2. The van der Waals surface area contributed by atoms with E-state index in [1.165, 1.54) is 17.8 Å². The maximum absolute atomic E-state index is 12.9. The number of sulfonamides is 1. The van der Waals surface area contributed by atoms with Crippen LogP contribution in [0.5, 0.6) is 0 Å². The Bertz CT molecular complexity index is 1360. The zero-order valence-corrected chi connectivity index (χ0v) is 24.9. The number of carboxylic acids is 1. The van der Waals surface area contributed by atoms with Crippen LogP contribution in [0.4, 0.5) is 11.6 Å². The summed E-state index contributed by atoms with van der Waals surface area (Å²) in [6, 6.07) is 13.3. The third-order valence-electron chi connectivity index (χ3n) is 6.11. The molecule has 38 heavy (non-hydrogen) atoms. The molecule has 13 heteroatoms. The number of thioether (sulfide) groups is 1. The van der Waals surface area contributed by atoms with Gasteiger partial charge in [0.15, 0.2) is 13.5 Å². The minimum absolute atomic E-state index is 0.0175. The van der Waals surface area contributed by atoms with E-state index in [0.29, 0.717) is 23.3 Å². The zero-order chi connectivity index (χ0) is 28.1. The predicted octanol–water partition coefficient (Wildman–Crippen LogP) is 5.68. The number of hydrogen-bond acceptors (Lipinski definition) is 9. The molecule has 10 nitrogen and oxygen atoms in total. The molecule has 2 aromatic heterocycles. The zero-order valence-electron chi connectivity index (χ0n) is 22.3. The lowest BCUT2D eigenvalue weighted by atomic mass is 10.2. The van der Waals surface area contributed by atoms with E-state index in [4.69, 9.17) is 13.9 Å². The Kier molecular flexibility index (Phi) is 9.29. The summed E-state index contributed by atoms with van der Waals surface area (Å²) in [6.07, 6.45) is 0. The molecule has 0 unspecified atom stereocenters. The molecule has 0 aliphatic carbocycles. The van der Waals surface area contributed by atoms with E-state index in [2.05, 4.69) is 53.9 Å². The molecule has 2 heterocycles. The molecule has 3 rings (SSSR count). The highest BCUT2D eigenvalue weighted by molar-refractivity contribution is 7.98. The topological polar surface area (TPSA) is 144 Å². The summed E-state index contributed by atoms with van der Waals surface area (Å²) in [5, 5.41) is 12.2. The van der Waals surface area contributed by atoms with Crippen molar-refractivity contribution in [3.63, 3.8) is 0 Å². The number of rotatable bonds is 12. The number of hydrogen-bond donors (Lipinski definition) is 3. The van der Waals surface area contributed by atoms with Gasteiger partial charge >= 0.3 is 5.97 Å². The third kappa shape index (κ3) is 8.06. The number of furan rings is 1. The molecule has 0 amide bonds. The average molecular weight is 579 g/mol. The fraction of sp³-hybridized carbons (Fsp3) is 0.400. The average Bonchev–Trinajstić information content (AvgIpc) is 3.33. The lowest BCUT2D eigenvalue weighted by Crippen LogP contribution is -2.43. The lowest BCUT2D eigenvalue weighted by molar-refractivity contribution is 0.0656. The van der Waals surface area contributed by atoms with Gasteiger partial charge in [-0.1, -0.05) is 62.9 Å². The van der Waals surface area contributed by atoms with E-state index in [-0.39, 0.29) is 16.9 Å². The number of aromatic nitrogens is 2. The van der Waals surface area contributed by atoms with Gasteiger partial charge in [-0.2, -0.15) is 8.42 Å². The fourth-order valence-corrected chi connectivity index (χ4v) is 5.79. The van der Waals surface area contributed by atoms with Gasteiger partial charge in [-0.15, -0.1) is 0 Å². The van der Waals surface area contributed by atoms with Crippen LogP contribution in [0, 0.1) is 0 Å². The molecule has 0 aliphatic rings. The van der Waals surface area contributed by atoms with Crippen LogP contribution in [0.3, 0.4) is 0 Å². The van der Waals surface area contributed by atoms with E-state index in [1.807, 2.05) is 37.3 Å². The van der Waals surface area contributed by atoms with E-state index >= 15 is 0 Å². The number of nitrogens with zero attached hydrogens (tertiary/aromatic N) is 2. The standard InChI is InChI=1S/C25H34N4O6S2Si/c1-17(15-34-38(5,6)25(2,3)4)26-20-14-21(28-24(27-20)36-16-18-10-8-7-9-11-18)29-37(32,33)22-13-12-19(35-22)23(30)31/h7-14,17H,15-16H2,1-6H3,(H,30,31)(H2,26,27,28,29)/t17-/m1/s1. The first kappa shape index (κ1) is 29.7. The van der Waals surface area contributed by atoms with Gasteiger partial charge in [0, 0.05) is 17.9 Å². The van der Waals surface area contributed by atoms with Crippen LogP contribution >= 0.6 is 11.8 Å². The Hall–Kier alpha value is -2.87. The Morgan fingerprint density at radius 3 is 2.39 bits per heavy atom. The first-order chi connectivity index (χ1) is 17.7. The molecule has 0 radical (unpaired) electrons. The number of carboxylic acid groups (broad SMARTS) is 1. The van der Waals surface area contributed by atoms with Crippen LogP contribution in [0.15, 0.2) is 63.2 Å². The van der Waals surface area contributed by atoms with Crippen LogP contribution in [0.1, 0.15) is 43.8 Å². The molecule has 0 spiro atoms. The van der Waals surface area contributed by atoms with Crippen LogP contribution in [0.2, 0.25) is 18.1 Å². The molecule has 206 valence electrons. The summed E-state index contributed by atoms with van der Waals surface area (Å²) in [4.78, 5) is 20.0. The van der Waals surface area contributed by atoms with Gasteiger partial charge in [0.2, 0.25) is 10.9 Å². The summed E-state index contributed by atoms with van der Waals surface area (Å²) in [6.45, 7) is 13.3. The summed E-state index contributed by atoms with van der Waals surface area (Å²) >= 11 is 1.36. The number of aromatic carboxylic acids is 1. The quantitative estimate of drug-likeness (QED) is 0.139. The van der Waals surface area contributed by atoms with Crippen molar-refractivity contribution in [2.45, 2.75) is 67.9 Å². The Morgan fingerprint density at radius 2 is 1.79 bits per heavy atom. The highest BCUT2D eigenvalue weighted by atomic mass is 32.2. The molecule has 3 N–H and O–H groups in total. The number of benzene rings is 1. The molecular weight excluding hydrogens is 545 g/mol. The Morgan fingerprint density at radius 1 is 1.13 bits per heavy atom. The summed E-state index contributed by atoms with van der Waals surface area (Å²) in [5.74, 6) is -0.826. The number of carbonyl (C=O) groups is 1. The van der Waals surface area contributed by atoms with Crippen molar-refractivity contribution in [3.05, 3.63) is 59.9 Å². The van der Waals surface area contributed by atoms with Crippen molar-refractivity contribution in [3.8, 4) is 0 Å². The molecule has 1 atom stereocenters. The maximum atomic E-state index is 12.9. The summed E-state index contributed by atoms with van der Waals surface area (Å²) < 4.78 is 39.4. The number of nitrogens with one attached hydrogen (secondary N) is 2. The Balaban J connectivity index is 1.82. The van der Waals surface area contributed by atoms with E-state index in [9.17, 15) is 13.2 Å². The highest BCUT2D eigenvalue weighted by Gasteiger charge is 2.37. The minimum Gasteiger partial charge on any atom is -0.475 e. The molecule has 0 saturated carbocycles. The second-order valence-electron chi connectivity index (χ2n) is 10.3. The van der Waals surface area contributed by atoms with Gasteiger partial charge in [-0.25, -0.2) is 14.8 Å². The van der Waals surface area contributed by atoms with Crippen molar-refractivity contribution >= 4 is 47.7 Å². The van der Waals surface area contributed by atoms with Gasteiger partial charge in [0.25, 0.3) is 10.0 Å². The summed E-state index contributed by atoms with van der Waals surface area (Å²) in [7, 11) is -6.18. The van der Waals surface area contributed by atoms with Gasteiger partial charge in [0.05, 0.1) is 6.61 Å². The smallest absolute Gasteiger partial charge is 0.371 e. The Labute approximate surface area is 228 Å². The lowest BCUT2D eigenvalue weighted by Gasteiger charge is -2.37. The van der Waals surface area contributed by atoms with Gasteiger partial charge in [0.1, 0.15) is 11.6 Å². The molecule has 0 fully saturated rings. The largest absolute Gasteiger partial charge is 0.475 e. The van der Waals surface area contributed by atoms with E-state index in [1.54, 1.807) is 0 Å². The molecular formula is C25H34N4O6S2Si. The normalized spacial score (nSPS) is 13.2. The van der Waals surface area contributed by atoms with Crippen LogP contribution < -0.4 is 10.0 Å². The monoisotopic (exact) mass is 578 g/mol. The second kappa shape index (κ2) is 11.9. The second-order valence-corrected chi connectivity index (χ2v) is 17.7. The first-order valence-corrected chi connectivity index (χ1v) is 17.4. The van der Waals surface area contributed by atoms with Gasteiger partial charge in [-0.3, -0.25) is 4.72 Å². The van der Waals surface area contributed by atoms with E-state index in [0.717, 1.165) is 17.7 Å². The molecule has 1 aromatic carbocycles. The van der Waals surface area contributed by atoms with Crippen molar-refractivity contribution in [2.75, 3.05) is 16.6 Å². The van der Waals surface area contributed by atoms with Crippen LogP contribution in [-0.4, -0.2) is 50.4 Å².